The van der Waals surface area contributed by atoms with Gasteiger partial charge in [0.25, 0.3) is 0 Å². The quantitative estimate of drug-likeness (QED) is 0.855. The molecule has 3 rings (SSSR count). The molecule has 0 radical (unpaired) electrons. The highest BCUT2D eigenvalue weighted by Gasteiger charge is 2.21. The standard InChI is InChI=1S/C18H23N3O3/c1-20-7-6-15(19-20)12-18(22)21-8-4-13-10-16(23-2)17(24-3)11-14(13)5-9-21/h6-7,10-11H,4-5,8-9,12H2,1-3H3. The largest absolute Gasteiger partial charge is 0.493 e. The number of ether oxygens (including phenoxy) is 2. The molecule has 1 aliphatic rings. The van der Waals surface area contributed by atoms with Crippen molar-refractivity contribution >= 4 is 5.91 Å². The Morgan fingerprint density at radius 1 is 1.12 bits per heavy atom. The third kappa shape index (κ3) is 3.37. The lowest BCUT2D eigenvalue weighted by Crippen LogP contribution is -2.34. The summed E-state index contributed by atoms with van der Waals surface area (Å²) < 4.78 is 12.5. The zero-order chi connectivity index (χ0) is 17.1. The molecule has 0 bridgehead atoms. The summed E-state index contributed by atoms with van der Waals surface area (Å²) in [6.45, 7) is 1.43. The summed E-state index contributed by atoms with van der Waals surface area (Å²) in [6, 6.07) is 5.95. The molecule has 0 atom stereocenters. The smallest absolute Gasteiger partial charge is 0.228 e. The fraction of sp³-hybridized carbons (Fsp3) is 0.444. The fourth-order valence-electron chi connectivity index (χ4n) is 3.12. The van der Waals surface area contributed by atoms with E-state index in [0.717, 1.165) is 30.0 Å². The number of methoxy groups -OCH3 is 2. The van der Waals surface area contributed by atoms with E-state index in [2.05, 4.69) is 5.10 Å². The van der Waals surface area contributed by atoms with E-state index in [1.54, 1.807) is 18.9 Å². The molecule has 1 aliphatic heterocycles. The van der Waals surface area contributed by atoms with Crippen LogP contribution in [-0.4, -0.2) is 47.9 Å². The van der Waals surface area contributed by atoms with Crippen molar-refractivity contribution in [2.24, 2.45) is 7.05 Å². The number of fused-ring (bicyclic) bond motifs is 1. The highest BCUT2D eigenvalue weighted by Crippen LogP contribution is 2.32. The van der Waals surface area contributed by atoms with Gasteiger partial charge < -0.3 is 14.4 Å². The van der Waals surface area contributed by atoms with Gasteiger partial charge >= 0.3 is 0 Å². The topological polar surface area (TPSA) is 56.6 Å². The number of rotatable bonds is 4. The van der Waals surface area contributed by atoms with E-state index in [4.69, 9.17) is 9.47 Å². The van der Waals surface area contributed by atoms with Crippen LogP contribution < -0.4 is 9.47 Å². The molecule has 0 saturated heterocycles. The molecule has 0 spiro atoms. The molecule has 0 N–H and O–H groups in total. The number of carbonyl (C=O) groups is 1. The van der Waals surface area contributed by atoms with Gasteiger partial charge in [-0.05, 0) is 42.2 Å². The molecule has 128 valence electrons. The third-order valence-corrected chi connectivity index (χ3v) is 4.46. The van der Waals surface area contributed by atoms with Crippen molar-refractivity contribution in [1.29, 1.82) is 0 Å². The van der Waals surface area contributed by atoms with Crippen molar-refractivity contribution in [3.63, 3.8) is 0 Å². The maximum absolute atomic E-state index is 12.6. The van der Waals surface area contributed by atoms with E-state index in [1.165, 1.54) is 11.1 Å². The third-order valence-electron chi connectivity index (χ3n) is 4.46. The second-order valence-electron chi connectivity index (χ2n) is 6.01. The molecular formula is C18H23N3O3. The van der Waals surface area contributed by atoms with Crippen LogP contribution in [0.25, 0.3) is 0 Å². The number of hydrogen-bond acceptors (Lipinski definition) is 4. The SMILES string of the molecule is COc1cc2c(cc1OC)CCN(C(=O)Cc1ccn(C)n1)CC2. The lowest BCUT2D eigenvalue weighted by molar-refractivity contribution is -0.130. The van der Waals surface area contributed by atoms with Gasteiger partial charge in [-0.3, -0.25) is 9.48 Å². The minimum absolute atomic E-state index is 0.125. The van der Waals surface area contributed by atoms with Crippen molar-refractivity contribution in [2.75, 3.05) is 27.3 Å². The monoisotopic (exact) mass is 329 g/mol. The normalized spacial score (nSPS) is 14.0. The molecule has 0 unspecified atom stereocenters. The number of carbonyl (C=O) groups excluding carboxylic acids is 1. The van der Waals surface area contributed by atoms with E-state index < -0.39 is 0 Å². The Morgan fingerprint density at radius 2 is 1.71 bits per heavy atom. The molecule has 0 saturated carbocycles. The van der Waals surface area contributed by atoms with Crippen molar-refractivity contribution in [1.82, 2.24) is 14.7 Å². The predicted octanol–water partition coefficient (Wildman–Crippen LogP) is 1.61. The molecule has 0 fully saturated rings. The van der Waals surface area contributed by atoms with Crippen LogP contribution in [0, 0.1) is 0 Å². The zero-order valence-corrected chi connectivity index (χ0v) is 14.4. The van der Waals surface area contributed by atoms with E-state index in [-0.39, 0.29) is 5.91 Å². The molecular weight excluding hydrogens is 306 g/mol. The second-order valence-corrected chi connectivity index (χ2v) is 6.01. The molecule has 0 aliphatic carbocycles. The first-order chi connectivity index (χ1) is 11.6. The molecule has 1 aromatic heterocycles. The van der Waals surface area contributed by atoms with Crippen LogP contribution in [0.3, 0.4) is 0 Å². The van der Waals surface area contributed by atoms with Crippen LogP contribution in [0.4, 0.5) is 0 Å². The Balaban J connectivity index is 1.71. The summed E-state index contributed by atoms with van der Waals surface area (Å²) in [5, 5.41) is 4.29. The fourth-order valence-corrected chi connectivity index (χ4v) is 3.12. The number of hydrogen-bond donors (Lipinski definition) is 0. The first-order valence-electron chi connectivity index (χ1n) is 8.10. The van der Waals surface area contributed by atoms with Crippen LogP contribution in [-0.2, 0) is 31.1 Å². The Hall–Kier alpha value is -2.50. The summed E-state index contributed by atoms with van der Waals surface area (Å²) in [5.41, 5.74) is 3.26. The summed E-state index contributed by atoms with van der Waals surface area (Å²) in [4.78, 5) is 14.5. The van der Waals surface area contributed by atoms with Gasteiger partial charge in [-0.15, -0.1) is 0 Å². The molecule has 6 heteroatoms. The molecule has 2 aromatic rings. The van der Waals surface area contributed by atoms with Crippen LogP contribution in [0.5, 0.6) is 11.5 Å². The highest BCUT2D eigenvalue weighted by molar-refractivity contribution is 5.78. The summed E-state index contributed by atoms with van der Waals surface area (Å²) >= 11 is 0. The minimum atomic E-state index is 0.125. The van der Waals surface area contributed by atoms with Gasteiger partial charge in [0.15, 0.2) is 11.5 Å². The predicted molar refractivity (Wildman–Crippen MR) is 90.4 cm³/mol. The van der Waals surface area contributed by atoms with Gasteiger partial charge in [0, 0.05) is 26.3 Å². The van der Waals surface area contributed by atoms with Crippen molar-refractivity contribution < 1.29 is 14.3 Å². The van der Waals surface area contributed by atoms with Gasteiger partial charge in [-0.25, -0.2) is 0 Å². The number of aryl methyl sites for hydroxylation is 1. The van der Waals surface area contributed by atoms with Gasteiger partial charge in [-0.2, -0.15) is 5.10 Å². The summed E-state index contributed by atoms with van der Waals surface area (Å²) in [7, 11) is 5.14. The van der Waals surface area contributed by atoms with Crippen LogP contribution >= 0.6 is 0 Å². The van der Waals surface area contributed by atoms with Gasteiger partial charge in [0.2, 0.25) is 5.91 Å². The summed E-state index contributed by atoms with van der Waals surface area (Å²) in [6.07, 6.45) is 3.86. The average Bonchev–Trinajstić information content (AvgIpc) is 2.87. The van der Waals surface area contributed by atoms with E-state index in [9.17, 15) is 4.79 Å². The van der Waals surface area contributed by atoms with Crippen LogP contribution in [0.1, 0.15) is 16.8 Å². The molecule has 1 amide bonds. The van der Waals surface area contributed by atoms with Crippen molar-refractivity contribution in [2.45, 2.75) is 19.3 Å². The second kappa shape index (κ2) is 6.95. The number of nitrogens with zero attached hydrogens (tertiary/aromatic N) is 3. The number of benzene rings is 1. The molecule has 1 aromatic carbocycles. The Kier molecular flexibility index (Phi) is 4.74. The van der Waals surface area contributed by atoms with Crippen molar-refractivity contribution in [3.8, 4) is 11.5 Å². The van der Waals surface area contributed by atoms with E-state index in [0.29, 0.717) is 19.5 Å². The molecule has 6 nitrogen and oxygen atoms in total. The Morgan fingerprint density at radius 3 is 2.17 bits per heavy atom. The lowest BCUT2D eigenvalue weighted by atomic mass is 10.0. The van der Waals surface area contributed by atoms with Crippen LogP contribution in [0.2, 0.25) is 0 Å². The number of aromatic nitrogens is 2. The van der Waals surface area contributed by atoms with E-state index >= 15 is 0 Å². The number of amides is 1. The van der Waals surface area contributed by atoms with E-state index in [1.807, 2.05) is 36.3 Å². The highest BCUT2D eigenvalue weighted by atomic mass is 16.5. The van der Waals surface area contributed by atoms with Gasteiger partial charge in [0.05, 0.1) is 26.3 Å². The Labute approximate surface area is 142 Å². The molecule has 24 heavy (non-hydrogen) atoms. The zero-order valence-electron chi connectivity index (χ0n) is 14.4. The molecule has 2 heterocycles. The first kappa shape index (κ1) is 16.4. The Bertz CT molecular complexity index is 704. The lowest BCUT2D eigenvalue weighted by Gasteiger charge is -2.19. The van der Waals surface area contributed by atoms with Gasteiger partial charge in [0.1, 0.15) is 0 Å². The first-order valence-corrected chi connectivity index (χ1v) is 8.10. The maximum atomic E-state index is 12.6. The average molecular weight is 329 g/mol. The van der Waals surface area contributed by atoms with Crippen LogP contribution in [0.15, 0.2) is 24.4 Å². The van der Waals surface area contributed by atoms with Crippen molar-refractivity contribution in [3.05, 3.63) is 41.2 Å². The maximum Gasteiger partial charge on any atom is 0.228 e. The summed E-state index contributed by atoms with van der Waals surface area (Å²) in [5.74, 6) is 1.61. The minimum Gasteiger partial charge on any atom is -0.493 e. The van der Waals surface area contributed by atoms with Gasteiger partial charge in [-0.1, -0.05) is 0 Å².